The first-order valence-electron chi connectivity index (χ1n) is 6.28. The molecule has 1 aliphatic rings. The maximum Gasteiger partial charge on any atom is 0.282 e. The van der Waals surface area contributed by atoms with Gasteiger partial charge in [0.25, 0.3) is 11.6 Å². The molecule has 19 heavy (non-hydrogen) atoms. The molecule has 0 saturated carbocycles. The molecule has 0 radical (unpaired) electrons. The van der Waals surface area contributed by atoms with Crippen molar-refractivity contribution < 1.29 is 9.72 Å². The summed E-state index contributed by atoms with van der Waals surface area (Å²) in [5, 5.41) is 13.9. The molecule has 1 aromatic rings. The van der Waals surface area contributed by atoms with Crippen LogP contribution in [0.5, 0.6) is 0 Å². The van der Waals surface area contributed by atoms with Gasteiger partial charge in [0, 0.05) is 31.9 Å². The fraction of sp³-hybridized carbons (Fsp3) is 0.462. The SMILES string of the molecule is CNc1ccc([N+](=O)[O-])c(C(=O)N2CCC(C)C2)c1. The van der Waals surface area contributed by atoms with E-state index in [4.69, 9.17) is 0 Å². The minimum Gasteiger partial charge on any atom is -0.388 e. The average Bonchev–Trinajstić information content (AvgIpc) is 2.83. The van der Waals surface area contributed by atoms with E-state index in [9.17, 15) is 14.9 Å². The van der Waals surface area contributed by atoms with E-state index in [1.807, 2.05) is 0 Å². The number of rotatable bonds is 3. The molecule has 0 aliphatic carbocycles. The summed E-state index contributed by atoms with van der Waals surface area (Å²) in [5.41, 5.74) is 0.718. The standard InChI is InChI=1S/C13H17N3O3/c1-9-5-6-15(8-9)13(17)11-7-10(14-2)3-4-12(11)16(18)19/h3-4,7,9,14H,5-6,8H2,1-2H3. The highest BCUT2D eigenvalue weighted by atomic mass is 16.6. The Morgan fingerprint density at radius 2 is 2.26 bits per heavy atom. The summed E-state index contributed by atoms with van der Waals surface area (Å²) in [6.45, 7) is 3.41. The van der Waals surface area contributed by atoms with E-state index in [1.54, 1.807) is 24.1 Å². The van der Waals surface area contributed by atoms with Crippen molar-refractivity contribution in [3.63, 3.8) is 0 Å². The van der Waals surface area contributed by atoms with Crippen LogP contribution < -0.4 is 5.32 Å². The van der Waals surface area contributed by atoms with Crippen LogP contribution in [0.15, 0.2) is 18.2 Å². The Hall–Kier alpha value is -2.11. The van der Waals surface area contributed by atoms with Crippen molar-refractivity contribution in [2.45, 2.75) is 13.3 Å². The van der Waals surface area contributed by atoms with Crippen LogP contribution in [-0.2, 0) is 0 Å². The highest BCUT2D eigenvalue weighted by Crippen LogP contribution is 2.26. The van der Waals surface area contributed by atoms with Crippen LogP contribution >= 0.6 is 0 Å². The molecule has 1 atom stereocenters. The number of nitro benzene ring substituents is 1. The quantitative estimate of drug-likeness (QED) is 0.669. The lowest BCUT2D eigenvalue weighted by atomic mass is 10.1. The van der Waals surface area contributed by atoms with E-state index in [0.29, 0.717) is 24.7 Å². The lowest BCUT2D eigenvalue weighted by Gasteiger charge is -2.16. The molecule has 0 bridgehead atoms. The number of nitrogens with zero attached hydrogens (tertiary/aromatic N) is 2. The van der Waals surface area contributed by atoms with Gasteiger partial charge in [-0.05, 0) is 24.5 Å². The minimum absolute atomic E-state index is 0.136. The molecule has 1 heterocycles. The van der Waals surface area contributed by atoms with Gasteiger partial charge >= 0.3 is 0 Å². The molecule has 102 valence electrons. The molecular formula is C13H17N3O3. The number of hydrogen-bond donors (Lipinski definition) is 1. The van der Waals surface area contributed by atoms with Crippen molar-refractivity contribution in [3.8, 4) is 0 Å². The second-order valence-corrected chi connectivity index (χ2v) is 4.88. The number of nitro groups is 1. The predicted molar refractivity (Wildman–Crippen MR) is 72.3 cm³/mol. The molecule has 1 saturated heterocycles. The fourth-order valence-corrected chi connectivity index (χ4v) is 2.31. The number of amides is 1. The molecule has 1 N–H and O–H groups in total. The monoisotopic (exact) mass is 263 g/mol. The first kappa shape index (κ1) is 13.3. The van der Waals surface area contributed by atoms with Crippen molar-refractivity contribution >= 4 is 17.3 Å². The second kappa shape index (κ2) is 5.26. The molecule has 1 unspecified atom stereocenters. The van der Waals surface area contributed by atoms with Gasteiger partial charge in [-0.1, -0.05) is 6.92 Å². The van der Waals surface area contributed by atoms with Crippen LogP contribution in [0, 0.1) is 16.0 Å². The minimum atomic E-state index is -0.508. The third kappa shape index (κ3) is 2.67. The highest BCUT2D eigenvalue weighted by molar-refractivity contribution is 5.99. The second-order valence-electron chi connectivity index (χ2n) is 4.88. The summed E-state index contributed by atoms with van der Waals surface area (Å²) in [4.78, 5) is 24.6. The zero-order chi connectivity index (χ0) is 14.0. The number of likely N-dealkylation sites (tertiary alicyclic amines) is 1. The molecule has 6 nitrogen and oxygen atoms in total. The lowest BCUT2D eigenvalue weighted by molar-refractivity contribution is -0.385. The number of anilines is 1. The molecular weight excluding hydrogens is 246 g/mol. The number of nitrogens with one attached hydrogen (secondary N) is 1. The van der Waals surface area contributed by atoms with E-state index in [1.165, 1.54) is 6.07 Å². The largest absolute Gasteiger partial charge is 0.388 e. The van der Waals surface area contributed by atoms with Crippen LogP contribution in [0.2, 0.25) is 0 Å². The van der Waals surface area contributed by atoms with Crippen molar-refractivity contribution in [1.82, 2.24) is 4.90 Å². The van der Waals surface area contributed by atoms with Gasteiger partial charge in [-0.3, -0.25) is 14.9 Å². The molecule has 1 aromatic carbocycles. The third-order valence-corrected chi connectivity index (χ3v) is 3.42. The van der Waals surface area contributed by atoms with Gasteiger partial charge in [-0.2, -0.15) is 0 Å². The summed E-state index contributed by atoms with van der Waals surface area (Å²) < 4.78 is 0. The van der Waals surface area contributed by atoms with Crippen LogP contribution in [-0.4, -0.2) is 35.9 Å². The normalized spacial score (nSPS) is 18.4. The molecule has 1 amide bonds. The van der Waals surface area contributed by atoms with Crippen LogP contribution in [0.3, 0.4) is 0 Å². The Labute approximate surface area is 111 Å². The zero-order valence-electron chi connectivity index (χ0n) is 11.0. The summed E-state index contributed by atoms with van der Waals surface area (Å²) in [6, 6.07) is 4.52. The first-order valence-corrected chi connectivity index (χ1v) is 6.28. The Morgan fingerprint density at radius 1 is 1.53 bits per heavy atom. The Bertz CT molecular complexity index is 516. The van der Waals surface area contributed by atoms with Crippen LogP contribution in [0.4, 0.5) is 11.4 Å². The topological polar surface area (TPSA) is 75.5 Å². The first-order chi connectivity index (χ1) is 9.02. The van der Waals surface area contributed by atoms with Crippen molar-refractivity contribution in [1.29, 1.82) is 0 Å². The predicted octanol–water partition coefficient (Wildman–Crippen LogP) is 2.12. The highest BCUT2D eigenvalue weighted by Gasteiger charge is 2.29. The molecule has 0 aromatic heterocycles. The maximum absolute atomic E-state index is 12.4. The van der Waals surface area contributed by atoms with Gasteiger partial charge in [-0.15, -0.1) is 0 Å². The maximum atomic E-state index is 12.4. The smallest absolute Gasteiger partial charge is 0.282 e. The van der Waals surface area contributed by atoms with E-state index >= 15 is 0 Å². The Morgan fingerprint density at radius 3 is 2.79 bits per heavy atom. The average molecular weight is 263 g/mol. The van der Waals surface area contributed by atoms with E-state index in [-0.39, 0.29) is 17.2 Å². The van der Waals surface area contributed by atoms with Crippen molar-refractivity contribution in [2.75, 3.05) is 25.5 Å². The summed E-state index contributed by atoms with van der Waals surface area (Å²) in [7, 11) is 1.72. The number of hydrogen-bond acceptors (Lipinski definition) is 4. The van der Waals surface area contributed by atoms with Crippen LogP contribution in [0.1, 0.15) is 23.7 Å². The number of carbonyl (C=O) groups is 1. The molecule has 6 heteroatoms. The van der Waals surface area contributed by atoms with E-state index in [2.05, 4.69) is 12.2 Å². The summed E-state index contributed by atoms with van der Waals surface area (Å²) in [6.07, 6.45) is 0.950. The molecule has 1 aliphatic heterocycles. The zero-order valence-corrected chi connectivity index (χ0v) is 11.0. The van der Waals surface area contributed by atoms with E-state index < -0.39 is 4.92 Å². The van der Waals surface area contributed by atoms with Gasteiger partial charge in [-0.25, -0.2) is 0 Å². The molecule has 2 rings (SSSR count). The molecule has 1 fully saturated rings. The van der Waals surface area contributed by atoms with Gasteiger partial charge in [0.2, 0.25) is 0 Å². The summed E-state index contributed by atoms with van der Waals surface area (Å²) >= 11 is 0. The van der Waals surface area contributed by atoms with Crippen molar-refractivity contribution in [3.05, 3.63) is 33.9 Å². The molecule has 0 spiro atoms. The van der Waals surface area contributed by atoms with Gasteiger partial charge in [0.15, 0.2) is 0 Å². The lowest BCUT2D eigenvalue weighted by Crippen LogP contribution is -2.29. The number of benzene rings is 1. The van der Waals surface area contributed by atoms with Gasteiger partial charge < -0.3 is 10.2 Å². The van der Waals surface area contributed by atoms with Gasteiger partial charge in [0.1, 0.15) is 5.56 Å². The Kier molecular flexibility index (Phi) is 3.69. The third-order valence-electron chi connectivity index (χ3n) is 3.42. The Balaban J connectivity index is 2.36. The van der Waals surface area contributed by atoms with Crippen LogP contribution in [0.25, 0.3) is 0 Å². The van der Waals surface area contributed by atoms with Crippen molar-refractivity contribution in [2.24, 2.45) is 5.92 Å². The number of carbonyl (C=O) groups excluding carboxylic acids is 1. The fourth-order valence-electron chi connectivity index (χ4n) is 2.31. The van der Waals surface area contributed by atoms with E-state index in [0.717, 1.165) is 6.42 Å². The van der Waals surface area contributed by atoms with Gasteiger partial charge in [0.05, 0.1) is 4.92 Å². The summed E-state index contributed by atoms with van der Waals surface area (Å²) in [5.74, 6) is 0.198.